The molecule has 10 nitrogen and oxygen atoms in total. The highest BCUT2D eigenvalue weighted by Crippen LogP contribution is 2.36. The number of nitrogens with zero attached hydrogens (tertiary/aromatic N) is 3. The van der Waals surface area contributed by atoms with Gasteiger partial charge < -0.3 is 21.5 Å². The minimum Gasteiger partial charge on any atom is -0.465 e. The number of aryl methyl sites for hydroxylation is 1. The van der Waals surface area contributed by atoms with E-state index >= 15 is 0 Å². The number of ether oxygens (including phenoxy) is 1. The Bertz CT molecular complexity index is 1170. The van der Waals surface area contributed by atoms with Gasteiger partial charge in [0, 0.05) is 10.9 Å². The maximum atomic E-state index is 13.0. The van der Waals surface area contributed by atoms with E-state index in [1.807, 2.05) is 31.2 Å². The second kappa shape index (κ2) is 10.5. The fourth-order valence-electron chi connectivity index (χ4n) is 3.05. The number of primary amides is 1. The number of hydrogen-bond donors (Lipinski definition) is 3. The van der Waals surface area contributed by atoms with Crippen molar-refractivity contribution in [2.24, 2.45) is 5.73 Å². The van der Waals surface area contributed by atoms with Crippen LogP contribution in [0, 0.1) is 6.92 Å². The zero-order chi connectivity index (χ0) is 24.1. The maximum absolute atomic E-state index is 13.0. The van der Waals surface area contributed by atoms with Crippen molar-refractivity contribution in [3.05, 3.63) is 40.8 Å². The van der Waals surface area contributed by atoms with Crippen LogP contribution in [0.3, 0.4) is 0 Å². The minimum absolute atomic E-state index is 0.00301. The van der Waals surface area contributed by atoms with Gasteiger partial charge in [-0.15, -0.1) is 21.5 Å². The number of nitrogens with two attached hydrogens (primary N) is 2. The molecule has 0 aliphatic heterocycles. The summed E-state index contributed by atoms with van der Waals surface area (Å²) in [5.74, 6) is -1.49. The quantitative estimate of drug-likeness (QED) is 0.307. The lowest BCUT2D eigenvalue weighted by Crippen LogP contribution is -2.26. The summed E-state index contributed by atoms with van der Waals surface area (Å²) < 4.78 is 6.32. The Morgan fingerprint density at radius 2 is 1.94 bits per heavy atom. The van der Waals surface area contributed by atoms with Gasteiger partial charge >= 0.3 is 5.97 Å². The number of benzene rings is 1. The van der Waals surface area contributed by atoms with E-state index in [0.717, 1.165) is 22.9 Å². The van der Waals surface area contributed by atoms with Crippen LogP contribution in [0.15, 0.2) is 34.8 Å². The molecule has 1 aromatic carbocycles. The molecule has 1 atom stereocenters. The number of carbonyl (C=O) groups is 3. The second-order valence-corrected chi connectivity index (χ2v) is 8.88. The van der Waals surface area contributed by atoms with Gasteiger partial charge in [-0.25, -0.2) is 0 Å². The topological polar surface area (TPSA) is 155 Å². The van der Waals surface area contributed by atoms with Crippen molar-refractivity contribution in [3.8, 4) is 11.1 Å². The van der Waals surface area contributed by atoms with Crippen molar-refractivity contribution in [3.63, 3.8) is 0 Å². The van der Waals surface area contributed by atoms with Crippen LogP contribution in [-0.4, -0.2) is 44.9 Å². The molecule has 0 saturated carbocycles. The highest BCUT2D eigenvalue weighted by atomic mass is 32.2. The molecule has 33 heavy (non-hydrogen) atoms. The Labute approximate surface area is 198 Å². The number of esters is 1. The van der Waals surface area contributed by atoms with Crippen molar-refractivity contribution >= 4 is 51.8 Å². The van der Waals surface area contributed by atoms with Crippen molar-refractivity contribution in [2.45, 2.75) is 32.0 Å². The summed E-state index contributed by atoms with van der Waals surface area (Å²) in [5.41, 5.74) is 14.3. The molecule has 0 fully saturated rings. The lowest BCUT2D eigenvalue weighted by molar-refractivity contribution is -0.139. The van der Waals surface area contributed by atoms with E-state index in [0.29, 0.717) is 15.7 Å². The maximum Gasteiger partial charge on any atom is 0.316 e. The van der Waals surface area contributed by atoms with E-state index in [4.69, 9.17) is 16.2 Å². The van der Waals surface area contributed by atoms with Gasteiger partial charge in [-0.05, 0) is 26.3 Å². The Kier molecular flexibility index (Phi) is 7.71. The molecule has 0 aliphatic rings. The van der Waals surface area contributed by atoms with E-state index in [1.165, 1.54) is 15.9 Å². The number of aromatic nitrogens is 3. The molecule has 3 rings (SSSR count). The zero-order valence-electron chi connectivity index (χ0n) is 18.3. The predicted molar refractivity (Wildman–Crippen MR) is 128 cm³/mol. The summed E-state index contributed by atoms with van der Waals surface area (Å²) in [4.78, 5) is 36.9. The predicted octanol–water partition coefficient (Wildman–Crippen LogP) is 2.85. The molecule has 0 spiro atoms. The van der Waals surface area contributed by atoms with Crippen LogP contribution >= 0.6 is 23.1 Å². The lowest BCUT2D eigenvalue weighted by atomic mass is 10.0. The molecule has 12 heteroatoms. The van der Waals surface area contributed by atoms with E-state index in [-0.39, 0.29) is 23.9 Å². The molecule has 2 heterocycles. The van der Waals surface area contributed by atoms with Crippen molar-refractivity contribution in [1.82, 2.24) is 14.8 Å². The second-order valence-electron chi connectivity index (χ2n) is 7.05. The Morgan fingerprint density at radius 3 is 2.58 bits per heavy atom. The van der Waals surface area contributed by atoms with Crippen molar-refractivity contribution in [2.75, 3.05) is 23.4 Å². The smallest absolute Gasteiger partial charge is 0.316 e. The number of nitrogens with one attached hydrogen (secondary N) is 1. The molecular formula is C21H24N6O4S2. The molecule has 174 valence electrons. The standard InChI is InChI=1S/C21H24N6O4S2/c1-4-31-15(28)10-33-21-26-25-20(23)27(21)12(3)18(30)24-19-16(17(22)29)14(9-32-19)13-7-5-11(2)6-8-13/h5-9,12H,4,10H2,1-3H3,(H2,22,29)(H2,23,25)(H,24,30). The van der Waals surface area contributed by atoms with Crippen LogP contribution in [0.4, 0.5) is 10.9 Å². The molecular weight excluding hydrogens is 464 g/mol. The largest absolute Gasteiger partial charge is 0.465 e. The van der Waals surface area contributed by atoms with Crippen LogP contribution in [0.2, 0.25) is 0 Å². The summed E-state index contributed by atoms with van der Waals surface area (Å²) in [6, 6.07) is 6.83. The first-order valence-corrected chi connectivity index (χ1v) is 11.9. The summed E-state index contributed by atoms with van der Waals surface area (Å²) in [5, 5.41) is 12.9. The number of amides is 2. The van der Waals surface area contributed by atoms with Crippen LogP contribution in [-0.2, 0) is 14.3 Å². The molecule has 0 aliphatic carbocycles. The first-order chi connectivity index (χ1) is 15.7. The van der Waals surface area contributed by atoms with Gasteiger partial charge in [0.15, 0.2) is 5.16 Å². The molecule has 1 unspecified atom stereocenters. The third kappa shape index (κ3) is 5.52. The van der Waals surface area contributed by atoms with Gasteiger partial charge in [0.25, 0.3) is 5.91 Å². The normalized spacial score (nSPS) is 11.7. The van der Waals surface area contributed by atoms with Gasteiger partial charge in [0.2, 0.25) is 11.9 Å². The number of thiophene rings is 1. The SMILES string of the molecule is CCOC(=O)CSc1nnc(N)n1C(C)C(=O)Nc1scc(-c2ccc(C)cc2)c1C(N)=O. The summed E-state index contributed by atoms with van der Waals surface area (Å²) >= 11 is 2.27. The Morgan fingerprint density at radius 1 is 1.24 bits per heavy atom. The van der Waals surface area contributed by atoms with E-state index in [9.17, 15) is 14.4 Å². The van der Waals surface area contributed by atoms with E-state index in [2.05, 4.69) is 15.5 Å². The van der Waals surface area contributed by atoms with Crippen LogP contribution in [0.1, 0.15) is 35.8 Å². The van der Waals surface area contributed by atoms with E-state index < -0.39 is 23.8 Å². The molecule has 0 saturated heterocycles. The van der Waals surface area contributed by atoms with Crippen LogP contribution in [0.25, 0.3) is 11.1 Å². The fourth-order valence-corrected chi connectivity index (χ4v) is 4.85. The molecule has 5 N–H and O–H groups in total. The van der Waals surface area contributed by atoms with Gasteiger partial charge in [-0.3, -0.25) is 19.0 Å². The van der Waals surface area contributed by atoms with Gasteiger partial charge in [0.05, 0.1) is 17.9 Å². The monoisotopic (exact) mass is 488 g/mol. The fraction of sp³-hybridized carbons (Fsp3) is 0.286. The zero-order valence-corrected chi connectivity index (χ0v) is 20.0. The molecule has 3 aromatic rings. The van der Waals surface area contributed by atoms with Gasteiger partial charge in [0.1, 0.15) is 11.0 Å². The third-order valence-corrected chi connectivity index (χ3v) is 6.53. The summed E-state index contributed by atoms with van der Waals surface area (Å²) in [6.07, 6.45) is 0. The van der Waals surface area contributed by atoms with Crippen molar-refractivity contribution in [1.29, 1.82) is 0 Å². The number of thioether (sulfide) groups is 1. The number of carbonyl (C=O) groups excluding carboxylic acids is 3. The Balaban J connectivity index is 1.82. The number of rotatable bonds is 9. The first-order valence-electron chi connectivity index (χ1n) is 10.0. The van der Waals surface area contributed by atoms with Crippen molar-refractivity contribution < 1.29 is 19.1 Å². The first kappa shape index (κ1) is 24.3. The molecule has 2 aromatic heterocycles. The summed E-state index contributed by atoms with van der Waals surface area (Å²) in [6.45, 7) is 5.56. The number of anilines is 2. The van der Waals surface area contributed by atoms with Gasteiger partial charge in [-0.2, -0.15) is 0 Å². The lowest BCUT2D eigenvalue weighted by Gasteiger charge is -2.16. The highest BCUT2D eigenvalue weighted by Gasteiger charge is 2.26. The average molecular weight is 489 g/mol. The highest BCUT2D eigenvalue weighted by molar-refractivity contribution is 7.99. The van der Waals surface area contributed by atoms with Gasteiger partial charge in [-0.1, -0.05) is 41.6 Å². The molecule has 2 amide bonds. The third-order valence-electron chi connectivity index (χ3n) is 4.72. The summed E-state index contributed by atoms with van der Waals surface area (Å²) in [7, 11) is 0. The Hall–Kier alpha value is -3.38. The average Bonchev–Trinajstić information content (AvgIpc) is 3.36. The van der Waals surface area contributed by atoms with E-state index in [1.54, 1.807) is 19.2 Å². The van der Waals surface area contributed by atoms with Crippen LogP contribution < -0.4 is 16.8 Å². The molecule has 0 radical (unpaired) electrons. The van der Waals surface area contributed by atoms with Crippen LogP contribution in [0.5, 0.6) is 0 Å². The molecule has 0 bridgehead atoms. The minimum atomic E-state index is -0.824. The number of nitrogen functional groups attached to an aromatic ring is 1. The number of hydrogen-bond acceptors (Lipinski definition) is 9.